The van der Waals surface area contributed by atoms with Crippen LogP contribution in [-0.4, -0.2) is 46.1 Å². The molecular weight excluding hydrogens is 330 g/mol. The highest BCUT2D eigenvalue weighted by Crippen LogP contribution is 2.31. The molecule has 24 heavy (non-hydrogen) atoms. The van der Waals surface area contributed by atoms with Crippen molar-refractivity contribution in [3.8, 4) is 17.2 Å². The third kappa shape index (κ3) is 3.32. The zero-order valence-electron chi connectivity index (χ0n) is 13.5. The second-order valence-corrected chi connectivity index (χ2v) is 7.50. The van der Waals surface area contributed by atoms with E-state index in [1.807, 2.05) is 18.2 Å². The Morgan fingerprint density at radius 2 is 1.79 bits per heavy atom. The molecule has 0 saturated heterocycles. The van der Waals surface area contributed by atoms with E-state index in [9.17, 15) is 8.42 Å². The highest BCUT2D eigenvalue weighted by Gasteiger charge is 2.28. The zero-order chi connectivity index (χ0) is 17.2. The minimum Gasteiger partial charge on any atom is -0.497 e. The molecule has 1 heterocycles. The summed E-state index contributed by atoms with van der Waals surface area (Å²) >= 11 is 0. The minimum atomic E-state index is -3.60. The van der Waals surface area contributed by atoms with Crippen molar-refractivity contribution in [2.45, 2.75) is 11.0 Å². The summed E-state index contributed by atoms with van der Waals surface area (Å²) in [6, 6.07) is 13.6. The minimum absolute atomic E-state index is 0.197. The van der Waals surface area contributed by atoms with E-state index in [4.69, 9.17) is 14.2 Å². The van der Waals surface area contributed by atoms with E-state index >= 15 is 0 Å². The van der Waals surface area contributed by atoms with Crippen LogP contribution in [0.4, 0.5) is 0 Å². The number of nitrogens with zero attached hydrogens (tertiary/aromatic N) is 1. The molecule has 0 N–H and O–H groups in total. The zero-order valence-corrected chi connectivity index (χ0v) is 14.3. The number of sulfonamides is 1. The number of fused-ring (bicyclic) bond motifs is 1. The van der Waals surface area contributed by atoms with Gasteiger partial charge >= 0.3 is 0 Å². The van der Waals surface area contributed by atoms with Crippen LogP contribution >= 0.6 is 0 Å². The van der Waals surface area contributed by atoms with Crippen LogP contribution in [0.25, 0.3) is 0 Å². The van der Waals surface area contributed by atoms with E-state index in [2.05, 4.69) is 0 Å². The molecule has 0 unspecified atom stereocenters. The van der Waals surface area contributed by atoms with Gasteiger partial charge < -0.3 is 14.2 Å². The van der Waals surface area contributed by atoms with Gasteiger partial charge in [-0.2, -0.15) is 4.31 Å². The first-order valence-electron chi connectivity index (χ1n) is 7.49. The molecular formula is C17H19NO5S. The van der Waals surface area contributed by atoms with Crippen LogP contribution in [0.15, 0.2) is 53.4 Å². The van der Waals surface area contributed by atoms with Crippen molar-refractivity contribution >= 4 is 10.0 Å². The van der Waals surface area contributed by atoms with Gasteiger partial charge in [0.15, 0.2) is 11.5 Å². The van der Waals surface area contributed by atoms with Crippen LogP contribution in [0.3, 0.4) is 0 Å². The summed E-state index contributed by atoms with van der Waals surface area (Å²) in [5.41, 5.74) is 0. The van der Waals surface area contributed by atoms with Crippen LogP contribution in [0.1, 0.15) is 0 Å². The maximum atomic E-state index is 12.6. The summed E-state index contributed by atoms with van der Waals surface area (Å²) in [5.74, 6) is 1.91. The molecule has 0 aromatic heterocycles. The maximum Gasteiger partial charge on any atom is 0.242 e. The van der Waals surface area contributed by atoms with E-state index in [-0.39, 0.29) is 17.5 Å². The fourth-order valence-corrected chi connectivity index (χ4v) is 3.67. The third-order valence-electron chi connectivity index (χ3n) is 3.80. The van der Waals surface area contributed by atoms with Crippen LogP contribution in [0, 0.1) is 0 Å². The molecule has 3 rings (SSSR count). The number of benzene rings is 2. The fourth-order valence-electron chi connectivity index (χ4n) is 2.47. The monoisotopic (exact) mass is 349 g/mol. The Kier molecular flexibility index (Phi) is 4.64. The van der Waals surface area contributed by atoms with Crippen molar-refractivity contribution in [3.63, 3.8) is 0 Å². The van der Waals surface area contributed by atoms with Crippen LogP contribution in [0.2, 0.25) is 0 Å². The Hall–Kier alpha value is -2.25. The first-order valence-corrected chi connectivity index (χ1v) is 8.93. The molecule has 0 saturated carbocycles. The van der Waals surface area contributed by atoms with Crippen molar-refractivity contribution in [1.82, 2.24) is 4.31 Å². The number of methoxy groups -OCH3 is 1. The molecule has 0 aliphatic carbocycles. The van der Waals surface area contributed by atoms with Gasteiger partial charge in [-0.25, -0.2) is 8.42 Å². The van der Waals surface area contributed by atoms with Gasteiger partial charge in [0.1, 0.15) is 18.5 Å². The lowest BCUT2D eigenvalue weighted by Crippen LogP contribution is -2.41. The lowest BCUT2D eigenvalue weighted by molar-refractivity contribution is 0.0798. The van der Waals surface area contributed by atoms with Gasteiger partial charge in [0.05, 0.1) is 18.6 Å². The Balaban J connectivity index is 1.71. The molecule has 2 aromatic rings. The van der Waals surface area contributed by atoms with Gasteiger partial charge in [0.2, 0.25) is 10.0 Å². The van der Waals surface area contributed by atoms with E-state index in [0.29, 0.717) is 23.9 Å². The molecule has 128 valence electrons. The lowest BCUT2D eigenvalue weighted by atomic mass is 10.2. The van der Waals surface area contributed by atoms with Crippen molar-refractivity contribution in [2.75, 3.05) is 27.3 Å². The number of hydrogen-bond donors (Lipinski definition) is 0. The van der Waals surface area contributed by atoms with Gasteiger partial charge in [-0.05, 0) is 36.4 Å². The van der Waals surface area contributed by atoms with E-state index in [1.165, 1.54) is 30.6 Å². The number of para-hydroxylation sites is 2. The van der Waals surface area contributed by atoms with Crippen molar-refractivity contribution in [3.05, 3.63) is 48.5 Å². The second kappa shape index (κ2) is 6.70. The summed E-state index contributed by atoms with van der Waals surface area (Å²) in [7, 11) is -0.532. The largest absolute Gasteiger partial charge is 0.497 e. The van der Waals surface area contributed by atoms with Crippen LogP contribution in [0.5, 0.6) is 17.2 Å². The van der Waals surface area contributed by atoms with Crippen molar-refractivity contribution < 1.29 is 22.6 Å². The maximum absolute atomic E-state index is 12.6. The number of hydrogen-bond acceptors (Lipinski definition) is 5. The normalized spacial score (nSPS) is 16.9. The summed E-state index contributed by atoms with van der Waals surface area (Å²) < 4.78 is 43.0. The molecule has 0 amide bonds. The molecule has 6 nitrogen and oxygen atoms in total. The SMILES string of the molecule is COc1ccc(S(=O)(=O)N(C)C[C@@H]2COc3ccccc3O2)cc1. The van der Waals surface area contributed by atoms with Crippen LogP contribution < -0.4 is 14.2 Å². The average Bonchev–Trinajstić information content (AvgIpc) is 2.61. The molecule has 7 heteroatoms. The summed E-state index contributed by atoms with van der Waals surface area (Å²) in [5, 5.41) is 0. The lowest BCUT2D eigenvalue weighted by Gasteiger charge is -2.29. The molecule has 1 atom stereocenters. The van der Waals surface area contributed by atoms with E-state index in [1.54, 1.807) is 18.2 Å². The van der Waals surface area contributed by atoms with Gasteiger partial charge in [-0.1, -0.05) is 12.1 Å². The summed E-state index contributed by atoms with van der Waals surface area (Å²) in [6.07, 6.45) is -0.363. The number of rotatable bonds is 5. The average molecular weight is 349 g/mol. The molecule has 1 aliphatic heterocycles. The topological polar surface area (TPSA) is 65.1 Å². The second-order valence-electron chi connectivity index (χ2n) is 5.46. The predicted octanol–water partition coefficient (Wildman–Crippen LogP) is 2.16. The van der Waals surface area contributed by atoms with Gasteiger partial charge in [0, 0.05) is 7.05 Å². The molecule has 2 aromatic carbocycles. The van der Waals surface area contributed by atoms with Gasteiger partial charge in [-0.15, -0.1) is 0 Å². The highest BCUT2D eigenvalue weighted by atomic mass is 32.2. The molecule has 0 bridgehead atoms. The Morgan fingerprint density at radius 1 is 1.12 bits per heavy atom. The Labute approximate surface area is 141 Å². The Morgan fingerprint density at radius 3 is 2.46 bits per heavy atom. The van der Waals surface area contributed by atoms with Crippen LogP contribution in [-0.2, 0) is 10.0 Å². The summed E-state index contributed by atoms with van der Waals surface area (Å²) in [4.78, 5) is 0.211. The molecule has 0 radical (unpaired) electrons. The predicted molar refractivity (Wildman–Crippen MR) is 89.2 cm³/mol. The first kappa shape index (κ1) is 16.6. The third-order valence-corrected chi connectivity index (χ3v) is 5.63. The quantitative estimate of drug-likeness (QED) is 0.828. The number of ether oxygens (including phenoxy) is 3. The van der Waals surface area contributed by atoms with Crippen molar-refractivity contribution in [1.29, 1.82) is 0 Å². The molecule has 0 spiro atoms. The highest BCUT2D eigenvalue weighted by molar-refractivity contribution is 7.89. The standard InChI is InChI=1S/C17H19NO5S/c1-18(24(19,20)15-9-7-13(21-2)8-10-15)11-14-12-22-16-5-3-4-6-17(16)23-14/h3-10,14H,11-12H2,1-2H3/t14-/m1/s1. The first-order chi connectivity index (χ1) is 11.5. The Bertz CT molecular complexity index is 804. The van der Waals surface area contributed by atoms with Gasteiger partial charge in [0.25, 0.3) is 0 Å². The van der Waals surface area contributed by atoms with E-state index < -0.39 is 10.0 Å². The van der Waals surface area contributed by atoms with E-state index in [0.717, 1.165) is 0 Å². The summed E-state index contributed by atoms with van der Waals surface area (Å²) in [6.45, 7) is 0.502. The smallest absolute Gasteiger partial charge is 0.242 e. The van der Waals surface area contributed by atoms with Crippen molar-refractivity contribution in [2.24, 2.45) is 0 Å². The number of likely N-dealkylation sites (N-methyl/N-ethyl adjacent to an activating group) is 1. The molecule has 0 fully saturated rings. The van der Waals surface area contributed by atoms with Gasteiger partial charge in [-0.3, -0.25) is 0 Å². The fraction of sp³-hybridized carbons (Fsp3) is 0.294. The molecule has 1 aliphatic rings.